The molecule has 12 heteroatoms. The number of halogens is 2. The van der Waals surface area contributed by atoms with E-state index >= 15 is 0 Å². The van der Waals surface area contributed by atoms with Crippen LogP contribution in [0.3, 0.4) is 0 Å². The van der Waals surface area contributed by atoms with Gasteiger partial charge in [0.2, 0.25) is 0 Å². The molecular weight excluding hydrogens is 483 g/mol. The Bertz CT molecular complexity index is 304. The average Bonchev–Trinajstić information content (AvgIpc) is 2.60. The van der Waals surface area contributed by atoms with Crippen molar-refractivity contribution in [3.8, 4) is 11.5 Å². The summed E-state index contributed by atoms with van der Waals surface area (Å²) in [6.07, 6.45) is 0. The van der Waals surface area contributed by atoms with Gasteiger partial charge in [0.25, 0.3) is 0 Å². The smallest absolute Gasteiger partial charge is 0.693 e. The Morgan fingerprint density at radius 2 is 1.47 bits per heavy atom. The molecule has 1 aliphatic heterocycles. The van der Waals surface area contributed by atoms with E-state index in [4.69, 9.17) is 43.3 Å². The van der Waals surface area contributed by atoms with Crippen molar-refractivity contribution in [2.24, 2.45) is 5.34 Å². The van der Waals surface area contributed by atoms with Gasteiger partial charge in [-0.1, -0.05) is 19.6 Å². The Balaban J connectivity index is -0.000000110. The zero-order valence-electron chi connectivity index (χ0n) is 8.64. The Hall–Kier alpha value is -0.567. The molecule has 0 saturated carbocycles. The van der Waals surface area contributed by atoms with Crippen LogP contribution >= 0.6 is 18.8 Å². The van der Waals surface area contributed by atoms with Gasteiger partial charge in [-0.25, -0.2) is 0 Å². The molecule has 0 saturated heterocycles. The number of rotatable bonds is 0. The zero-order chi connectivity index (χ0) is 12.4. The molecule has 1 aromatic rings. The summed E-state index contributed by atoms with van der Waals surface area (Å²) in [5.41, 5.74) is 0. The van der Waals surface area contributed by atoms with Crippen LogP contribution in [0.25, 0.3) is 12.3 Å². The van der Waals surface area contributed by atoms with E-state index in [1.807, 2.05) is 12.1 Å². The number of hydrogen-bond acceptors (Lipinski definition) is 6. The van der Waals surface area contributed by atoms with Crippen molar-refractivity contribution in [3.63, 3.8) is 0 Å². The molecule has 0 unspecified atom stereocenters. The molecule has 0 radical (unpaired) electrons. The van der Waals surface area contributed by atoms with Crippen LogP contribution in [0, 0.1) is 10.1 Å². The summed E-state index contributed by atoms with van der Waals surface area (Å²) in [6.45, 7) is 0. The molecule has 0 aromatic heterocycles. The minimum Gasteiger partial charge on any atom is -0.693 e. The Morgan fingerprint density at radius 3 is 1.74 bits per heavy atom. The van der Waals surface area contributed by atoms with Crippen LogP contribution < -0.4 is 9.31 Å². The van der Waals surface area contributed by atoms with E-state index in [9.17, 15) is 0 Å². The molecule has 8 nitrogen and oxygen atoms in total. The first-order valence-electron chi connectivity index (χ1n) is 3.57. The van der Waals surface area contributed by atoms with Gasteiger partial charge >= 0.3 is 42.6 Å². The third-order valence-corrected chi connectivity index (χ3v) is 1.30. The number of para-hydroxylation sites is 2. The summed E-state index contributed by atoms with van der Waals surface area (Å²) in [4.78, 5) is 8.00. The predicted octanol–water partition coefficient (Wildman–Crippen LogP) is 4.13. The van der Waals surface area contributed by atoms with Gasteiger partial charge in [-0.2, -0.15) is 0 Å². The van der Waals surface area contributed by atoms with Crippen LogP contribution in [0.15, 0.2) is 29.6 Å². The fraction of sp³-hybridized carbons (Fsp3) is 0.143. The maximum Gasteiger partial charge on any atom is -0.693 e. The summed E-state index contributed by atoms with van der Waals surface area (Å²) in [7, 11) is 8.62. The molecule has 0 atom stereocenters. The maximum absolute atomic E-state index is 8.81. The molecule has 0 spiro atoms. The summed E-state index contributed by atoms with van der Waals surface area (Å²) in [5.74, 6) is 1.19. The molecule has 0 aliphatic carbocycles. The Labute approximate surface area is 128 Å². The van der Waals surface area contributed by atoms with Gasteiger partial charge in [0.1, 0.15) is 11.5 Å². The minimum absolute atomic E-state index is 0. The van der Waals surface area contributed by atoms with E-state index in [0.29, 0.717) is 11.5 Å². The normalized spacial score (nSPS) is 9.11. The third kappa shape index (κ3) is 12.2. The molecule has 0 amide bonds. The minimum atomic E-state index is -1.13. The van der Waals surface area contributed by atoms with Gasteiger partial charge in [0.05, 0.1) is 0 Å². The van der Waals surface area contributed by atoms with Crippen molar-refractivity contribution >= 4 is 26.2 Å². The molecule has 2 rings (SSSR count). The SMILES string of the molecule is C.O=N[O-].OB1Oc2ccccc2O1.[Cl][Pt+2][Cl].[NH2-].[NH2-]. The van der Waals surface area contributed by atoms with E-state index in [1.165, 1.54) is 0 Å². The Kier molecular flexibility index (Phi) is 24.7. The Morgan fingerprint density at radius 1 is 1.21 bits per heavy atom. The van der Waals surface area contributed by atoms with Crippen LogP contribution in [0.1, 0.15) is 7.43 Å². The summed E-state index contributed by atoms with van der Waals surface area (Å²) < 4.78 is 9.68. The third-order valence-electron chi connectivity index (χ3n) is 1.30. The first-order valence-corrected chi connectivity index (χ1v) is 9.20. The number of hydrogen-bond donors (Lipinski definition) is 1. The second-order valence-electron chi connectivity index (χ2n) is 2.11. The summed E-state index contributed by atoms with van der Waals surface area (Å²) >= 11 is -0.472. The molecule has 1 aliphatic rings. The van der Waals surface area contributed by atoms with Crippen molar-refractivity contribution in [2.45, 2.75) is 7.43 Å². The van der Waals surface area contributed by atoms with Gasteiger partial charge in [-0.15, -0.1) is 5.34 Å². The van der Waals surface area contributed by atoms with E-state index in [1.54, 1.807) is 12.1 Å². The standard InChI is InChI=1S/C6H5BO3.CH4.2ClH.HNO2.2H2N.Pt/c8-7-9-5-3-1-2-4-6(5)10-7;;;;2-1-3;;;/h1-4,8H;1H4;2*1H;(H,2,3);2*1H2;/q;;;;;2*-1;+4/p-3. The molecule has 114 valence electrons. The quantitative estimate of drug-likeness (QED) is 0.325. The fourth-order valence-corrected chi connectivity index (χ4v) is 0.886. The van der Waals surface area contributed by atoms with Gasteiger partial charge in [-0.3, -0.25) is 0 Å². The van der Waals surface area contributed by atoms with Gasteiger partial charge in [-0.05, 0) is 12.1 Å². The largest absolute Gasteiger partial charge is 0.693 e. The monoisotopic (exact) mass is 495 g/mol. The average molecular weight is 496 g/mol. The molecule has 0 fully saturated rings. The fourth-order valence-electron chi connectivity index (χ4n) is 0.886. The summed E-state index contributed by atoms with van der Waals surface area (Å²) in [6, 6.07) is 7.12. The van der Waals surface area contributed by atoms with Crippen LogP contribution in [-0.4, -0.2) is 12.3 Å². The molecule has 19 heavy (non-hydrogen) atoms. The van der Waals surface area contributed by atoms with Crippen molar-refractivity contribution in [1.29, 1.82) is 0 Å². The van der Waals surface area contributed by atoms with Crippen molar-refractivity contribution in [2.75, 3.05) is 0 Å². The van der Waals surface area contributed by atoms with Crippen LogP contribution in [0.4, 0.5) is 0 Å². The van der Waals surface area contributed by atoms with E-state index in [0.717, 1.165) is 5.34 Å². The van der Waals surface area contributed by atoms with Gasteiger partial charge < -0.3 is 36.7 Å². The van der Waals surface area contributed by atoms with E-state index in [-0.39, 0.29) is 19.7 Å². The molecule has 0 bridgehead atoms. The van der Waals surface area contributed by atoms with Crippen LogP contribution in [0.2, 0.25) is 0 Å². The number of fused-ring (bicyclic) bond motifs is 1. The van der Waals surface area contributed by atoms with Crippen molar-refractivity contribution in [1.82, 2.24) is 0 Å². The number of nitrogens with zero attached hydrogens (tertiary/aromatic N) is 1. The number of nitrogens with two attached hydrogens (primary N) is 2. The van der Waals surface area contributed by atoms with Gasteiger partial charge in [0, 0.05) is 0 Å². The number of benzene rings is 1. The van der Waals surface area contributed by atoms with Crippen LogP contribution in [-0.2, 0) is 16.5 Å². The maximum atomic E-state index is 8.81. The molecule has 5 N–H and O–H groups in total. The molecule has 1 heterocycles. The van der Waals surface area contributed by atoms with Crippen molar-refractivity contribution < 1.29 is 30.8 Å². The van der Waals surface area contributed by atoms with E-state index < -0.39 is 23.8 Å². The predicted molar refractivity (Wildman–Crippen MR) is 73.8 cm³/mol. The molecule has 1 aromatic carbocycles. The van der Waals surface area contributed by atoms with Crippen molar-refractivity contribution in [3.05, 3.63) is 46.7 Å². The van der Waals surface area contributed by atoms with Gasteiger partial charge in [0.15, 0.2) is 0 Å². The topological polar surface area (TPSA) is 158 Å². The second-order valence-corrected chi connectivity index (χ2v) is 5.39. The van der Waals surface area contributed by atoms with Crippen LogP contribution in [0.5, 0.6) is 11.5 Å². The molecular formula is C7H13BCl2N3O5Pt-. The van der Waals surface area contributed by atoms with E-state index in [2.05, 4.69) is 0 Å². The summed E-state index contributed by atoms with van der Waals surface area (Å²) in [5, 5.41) is 17.8. The second kappa shape index (κ2) is 17.4. The first-order chi connectivity index (χ1) is 7.69. The zero-order valence-corrected chi connectivity index (χ0v) is 12.4. The first kappa shape index (κ1) is 26.9.